The lowest BCUT2D eigenvalue weighted by Crippen LogP contribution is -2.65. The Morgan fingerprint density at radius 1 is 1.00 bits per heavy atom. The summed E-state index contributed by atoms with van der Waals surface area (Å²) in [5.41, 5.74) is -0.315. The Morgan fingerprint density at radius 3 is 2.17 bits per heavy atom. The number of piperidine rings is 1. The first-order valence-electron chi connectivity index (χ1n) is 18.8. The molecular formula is C37H52F3N5O6S. The van der Waals surface area contributed by atoms with Crippen molar-refractivity contribution in [3.63, 3.8) is 0 Å². The fourth-order valence-corrected chi connectivity index (χ4v) is 10.2. The third kappa shape index (κ3) is 7.10. The van der Waals surface area contributed by atoms with Crippen LogP contribution >= 0.6 is 11.3 Å². The maximum Gasteiger partial charge on any atom is 0.391 e. The summed E-state index contributed by atoms with van der Waals surface area (Å²) in [5, 5.41) is 3.76. The number of likely N-dealkylation sites (tertiary alicyclic amines) is 3. The molecule has 4 amide bonds. The van der Waals surface area contributed by atoms with Gasteiger partial charge in [-0.1, -0.05) is 13.8 Å². The first-order chi connectivity index (χ1) is 24.4. The van der Waals surface area contributed by atoms with E-state index in [9.17, 15) is 32.3 Å². The summed E-state index contributed by atoms with van der Waals surface area (Å²) >= 11 is 1.31. The molecule has 2 saturated carbocycles. The average molecular weight is 752 g/mol. The fourth-order valence-electron chi connectivity index (χ4n) is 9.31. The van der Waals surface area contributed by atoms with Gasteiger partial charge in [-0.3, -0.25) is 19.2 Å². The molecule has 7 aliphatic rings. The Kier molecular flexibility index (Phi) is 9.75. The molecule has 6 heterocycles. The topological polar surface area (TPSA) is 121 Å². The van der Waals surface area contributed by atoms with Crippen molar-refractivity contribution in [3.8, 4) is 0 Å². The molecule has 0 aromatic carbocycles. The zero-order valence-electron chi connectivity index (χ0n) is 30.9. The summed E-state index contributed by atoms with van der Waals surface area (Å²) in [7, 11) is 0. The number of carbonyl (C=O) groups excluding carboxylic acids is 4. The van der Waals surface area contributed by atoms with E-state index in [1.165, 1.54) is 16.2 Å². The molecule has 5 aliphatic heterocycles. The standard InChI is InChI=1S/C37H52F3N5O6S/c1-21-29(52-23(3)41-21)33(49)44-15-27(36(16-44)17-45(18-36)31(47)26-14-34(26,4)5)30(46)42-28(32(48)43-12-8-24(9-13-43)37(38,39)40)22(2)50-19-35-10-6-25(7-11-35)51-20-35/h22,24-28H,6-20H2,1-5H3,(H,42,46)/t22-,25?,26-,27+,28+,35?/m1/s1. The SMILES string of the molecule is Cc1nc(C)c(C(=O)N2C[C@@H](C(=O)N[C@H](C(=O)N3CCC(C(F)(F)F)CC3)[C@@H](C)OCC34CCC(CC3)OC4)C3(C2)CN(C(=O)[C@H]2CC2(C)C)C3)s1. The number of alkyl halides is 3. The number of thiazole rings is 1. The van der Waals surface area contributed by atoms with E-state index in [2.05, 4.69) is 24.1 Å². The normalized spacial score (nSPS) is 30.6. The Balaban J connectivity index is 1.10. The third-order valence-electron chi connectivity index (χ3n) is 13.1. The molecular weight excluding hydrogens is 699 g/mol. The highest BCUT2D eigenvalue weighted by atomic mass is 32.1. The summed E-state index contributed by atoms with van der Waals surface area (Å²) < 4.78 is 52.9. The van der Waals surface area contributed by atoms with E-state index < -0.39 is 47.4 Å². The summed E-state index contributed by atoms with van der Waals surface area (Å²) in [5.74, 6) is -3.31. The number of halogens is 3. The highest BCUT2D eigenvalue weighted by molar-refractivity contribution is 7.13. The molecule has 8 rings (SSSR count). The van der Waals surface area contributed by atoms with Gasteiger partial charge in [-0.15, -0.1) is 11.3 Å². The molecule has 7 fully saturated rings. The number of hydrogen-bond donors (Lipinski definition) is 1. The number of aryl methyl sites for hydroxylation is 2. The molecule has 5 saturated heterocycles. The summed E-state index contributed by atoms with van der Waals surface area (Å²) in [6.07, 6.45) is -0.642. The van der Waals surface area contributed by atoms with Crippen LogP contribution in [0.15, 0.2) is 0 Å². The first kappa shape index (κ1) is 37.5. The Labute approximate surface area is 307 Å². The van der Waals surface area contributed by atoms with Crippen molar-refractivity contribution in [2.75, 3.05) is 52.5 Å². The van der Waals surface area contributed by atoms with Gasteiger partial charge in [0.1, 0.15) is 10.9 Å². The summed E-state index contributed by atoms with van der Waals surface area (Å²) in [6.45, 7) is 11.3. The van der Waals surface area contributed by atoms with Gasteiger partial charge in [-0.25, -0.2) is 4.98 Å². The zero-order chi connectivity index (χ0) is 37.4. The Bertz CT molecular complexity index is 1560. The Morgan fingerprint density at radius 2 is 1.63 bits per heavy atom. The predicted octanol–water partition coefficient (Wildman–Crippen LogP) is 4.36. The van der Waals surface area contributed by atoms with Crippen LogP contribution in [-0.2, 0) is 23.9 Å². The minimum Gasteiger partial charge on any atom is -0.378 e. The number of aromatic nitrogens is 1. The van der Waals surface area contributed by atoms with E-state index in [1.807, 2.05) is 6.92 Å². The molecule has 4 atom stereocenters. The predicted molar refractivity (Wildman–Crippen MR) is 185 cm³/mol. The van der Waals surface area contributed by atoms with Crippen molar-refractivity contribution in [1.29, 1.82) is 0 Å². The van der Waals surface area contributed by atoms with Gasteiger partial charge in [0.25, 0.3) is 5.91 Å². The van der Waals surface area contributed by atoms with Crippen LogP contribution in [0.5, 0.6) is 0 Å². The lowest BCUT2D eigenvalue weighted by molar-refractivity contribution is -0.187. The van der Waals surface area contributed by atoms with Gasteiger partial charge >= 0.3 is 6.18 Å². The van der Waals surface area contributed by atoms with Gasteiger partial charge in [0.15, 0.2) is 0 Å². The second-order valence-corrected chi connectivity index (χ2v) is 18.5. The van der Waals surface area contributed by atoms with Crippen LogP contribution < -0.4 is 5.32 Å². The molecule has 11 nitrogen and oxygen atoms in total. The highest BCUT2D eigenvalue weighted by Crippen LogP contribution is 2.55. The van der Waals surface area contributed by atoms with Gasteiger partial charge in [0.2, 0.25) is 17.7 Å². The number of hydrogen-bond acceptors (Lipinski definition) is 8. The van der Waals surface area contributed by atoms with E-state index in [0.717, 1.165) is 37.1 Å². The number of ether oxygens (including phenoxy) is 2. The molecule has 52 heavy (non-hydrogen) atoms. The average Bonchev–Trinajstić information content (AvgIpc) is 3.38. The highest BCUT2D eigenvalue weighted by Gasteiger charge is 2.62. The van der Waals surface area contributed by atoms with Crippen molar-refractivity contribution < 1.29 is 41.8 Å². The number of nitrogens with zero attached hydrogens (tertiary/aromatic N) is 4. The lowest BCUT2D eigenvalue weighted by atomic mass is 9.70. The van der Waals surface area contributed by atoms with Gasteiger partial charge < -0.3 is 29.5 Å². The maximum atomic E-state index is 14.5. The molecule has 1 N–H and O–H groups in total. The van der Waals surface area contributed by atoms with Gasteiger partial charge in [-0.2, -0.15) is 13.2 Å². The number of carbonyl (C=O) groups is 4. The van der Waals surface area contributed by atoms with Crippen LogP contribution in [-0.4, -0.2) is 120 Å². The van der Waals surface area contributed by atoms with Crippen molar-refractivity contribution in [2.24, 2.45) is 34.0 Å². The van der Waals surface area contributed by atoms with Crippen molar-refractivity contribution in [1.82, 2.24) is 25.0 Å². The summed E-state index contributed by atoms with van der Waals surface area (Å²) in [4.78, 5) is 65.7. The molecule has 288 valence electrons. The minimum atomic E-state index is -4.33. The van der Waals surface area contributed by atoms with Gasteiger partial charge in [0, 0.05) is 56.0 Å². The van der Waals surface area contributed by atoms with Gasteiger partial charge in [0.05, 0.1) is 48.0 Å². The molecule has 1 aromatic rings. The monoisotopic (exact) mass is 751 g/mol. The summed E-state index contributed by atoms with van der Waals surface area (Å²) in [6, 6.07) is -1.15. The number of rotatable bonds is 9. The Hall–Kier alpha value is -2.78. The van der Waals surface area contributed by atoms with Crippen LogP contribution in [0, 0.1) is 47.8 Å². The molecule has 1 spiro atoms. The second-order valence-electron chi connectivity index (χ2n) is 17.3. The van der Waals surface area contributed by atoms with Crippen LogP contribution in [0.2, 0.25) is 0 Å². The molecule has 15 heteroatoms. The van der Waals surface area contributed by atoms with Gasteiger partial charge in [-0.05, 0) is 71.1 Å². The van der Waals surface area contributed by atoms with Crippen LogP contribution in [0.1, 0.15) is 86.1 Å². The van der Waals surface area contributed by atoms with Crippen molar-refractivity contribution in [3.05, 3.63) is 15.6 Å². The van der Waals surface area contributed by atoms with Crippen LogP contribution in [0.4, 0.5) is 13.2 Å². The fraction of sp³-hybridized carbons (Fsp3) is 0.811. The van der Waals surface area contributed by atoms with Crippen LogP contribution in [0.25, 0.3) is 0 Å². The van der Waals surface area contributed by atoms with E-state index in [0.29, 0.717) is 36.9 Å². The smallest absolute Gasteiger partial charge is 0.378 e. The third-order valence-corrected chi connectivity index (χ3v) is 14.1. The molecule has 0 radical (unpaired) electrons. The van der Waals surface area contributed by atoms with Crippen molar-refractivity contribution in [2.45, 2.75) is 104 Å². The zero-order valence-corrected chi connectivity index (χ0v) is 31.7. The number of fused-ring (bicyclic) bond motifs is 3. The molecule has 1 aromatic heterocycles. The quantitative estimate of drug-likeness (QED) is 0.399. The van der Waals surface area contributed by atoms with E-state index in [4.69, 9.17) is 9.47 Å². The largest absolute Gasteiger partial charge is 0.391 e. The van der Waals surface area contributed by atoms with Crippen molar-refractivity contribution >= 4 is 35.0 Å². The molecule has 0 unspecified atom stereocenters. The van der Waals surface area contributed by atoms with E-state index in [1.54, 1.807) is 23.6 Å². The minimum absolute atomic E-state index is 0.0587. The first-order valence-corrected chi connectivity index (χ1v) is 19.6. The molecule has 2 bridgehead atoms. The van der Waals surface area contributed by atoms with E-state index >= 15 is 0 Å². The number of amides is 4. The van der Waals surface area contributed by atoms with E-state index in [-0.39, 0.29) is 73.7 Å². The maximum absolute atomic E-state index is 14.5. The second kappa shape index (κ2) is 13.5. The number of nitrogens with one attached hydrogen (secondary N) is 1. The van der Waals surface area contributed by atoms with Crippen LogP contribution in [0.3, 0.4) is 0 Å². The lowest BCUT2D eigenvalue weighted by Gasteiger charge is -2.50. The molecule has 2 aliphatic carbocycles.